The van der Waals surface area contributed by atoms with Gasteiger partial charge in [0.25, 0.3) is 0 Å². The van der Waals surface area contributed by atoms with Gasteiger partial charge in [-0.15, -0.1) is 11.8 Å². The molecule has 0 aliphatic carbocycles. The monoisotopic (exact) mass is 284 g/mol. The smallest absolute Gasteiger partial charge is 0.0550 e. The molecule has 0 aliphatic heterocycles. The van der Waals surface area contributed by atoms with E-state index in [2.05, 4.69) is 28.7 Å². The van der Waals surface area contributed by atoms with E-state index >= 15 is 0 Å². The first kappa shape index (κ1) is 8.68. The quantitative estimate of drug-likeness (QED) is 0.560. The van der Waals surface area contributed by atoms with Gasteiger partial charge in [-0.2, -0.15) is 0 Å². The lowest BCUT2D eigenvalue weighted by atomic mass is 10.4. The van der Waals surface area contributed by atoms with Crippen LogP contribution < -0.4 is 0 Å². The topological polar surface area (TPSA) is 0 Å². The maximum Gasteiger partial charge on any atom is 0.0550 e. The van der Waals surface area contributed by atoms with E-state index in [9.17, 15) is 0 Å². The molecule has 0 bridgehead atoms. The normalized spacial score (nSPS) is 9.90. The SMILES string of the molecule is CSc1cccc(Cl)c1I. The summed E-state index contributed by atoms with van der Waals surface area (Å²) in [6, 6.07) is 5.94. The molecule has 1 aromatic carbocycles. The number of rotatable bonds is 1. The van der Waals surface area contributed by atoms with E-state index in [0.717, 1.165) is 8.59 Å². The molecule has 10 heavy (non-hydrogen) atoms. The molecule has 0 amide bonds. The third-order valence-corrected chi connectivity index (χ3v) is 4.08. The lowest BCUT2D eigenvalue weighted by molar-refractivity contribution is 1.41. The van der Waals surface area contributed by atoms with Crippen LogP contribution >= 0.6 is 46.0 Å². The van der Waals surface area contributed by atoms with E-state index in [1.807, 2.05) is 18.4 Å². The van der Waals surface area contributed by atoms with Crippen molar-refractivity contribution in [3.8, 4) is 0 Å². The molecule has 3 heteroatoms. The third-order valence-electron chi connectivity index (χ3n) is 1.14. The Labute approximate surface area is 83.5 Å². The van der Waals surface area contributed by atoms with Crippen molar-refractivity contribution >= 4 is 46.0 Å². The molecule has 0 radical (unpaired) electrons. The van der Waals surface area contributed by atoms with E-state index in [0.29, 0.717) is 0 Å². The Bertz CT molecular complexity index is 237. The minimum Gasteiger partial charge on any atom is -0.128 e. The van der Waals surface area contributed by atoms with Gasteiger partial charge in [0.15, 0.2) is 0 Å². The summed E-state index contributed by atoms with van der Waals surface area (Å²) in [6.07, 6.45) is 2.05. The van der Waals surface area contributed by atoms with Crippen molar-refractivity contribution in [2.75, 3.05) is 6.26 Å². The van der Waals surface area contributed by atoms with E-state index in [-0.39, 0.29) is 0 Å². The maximum atomic E-state index is 5.87. The number of benzene rings is 1. The lowest BCUT2D eigenvalue weighted by Crippen LogP contribution is -1.77. The third kappa shape index (κ3) is 1.80. The maximum absolute atomic E-state index is 5.87. The molecule has 0 atom stereocenters. The van der Waals surface area contributed by atoms with Gasteiger partial charge in [-0.1, -0.05) is 17.7 Å². The van der Waals surface area contributed by atoms with Gasteiger partial charge in [-0.05, 0) is 41.0 Å². The zero-order chi connectivity index (χ0) is 7.56. The van der Waals surface area contributed by atoms with Crippen LogP contribution in [0.25, 0.3) is 0 Å². The minimum absolute atomic E-state index is 0.840. The highest BCUT2D eigenvalue weighted by Gasteiger charge is 2.00. The van der Waals surface area contributed by atoms with Crippen LogP contribution in [-0.2, 0) is 0 Å². The molecule has 54 valence electrons. The van der Waals surface area contributed by atoms with Crippen LogP contribution in [0, 0.1) is 3.57 Å². The molecule has 0 aliphatic rings. The highest BCUT2D eigenvalue weighted by atomic mass is 127. The lowest BCUT2D eigenvalue weighted by Gasteiger charge is -2.00. The largest absolute Gasteiger partial charge is 0.128 e. The van der Waals surface area contributed by atoms with Gasteiger partial charge in [0, 0.05) is 8.47 Å². The second kappa shape index (κ2) is 3.83. The summed E-state index contributed by atoms with van der Waals surface area (Å²) in [5, 5.41) is 0.840. The Balaban J connectivity index is 3.14. The number of hydrogen-bond donors (Lipinski definition) is 0. The second-order valence-electron chi connectivity index (χ2n) is 1.76. The fraction of sp³-hybridized carbons (Fsp3) is 0.143. The van der Waals surface area contributed by atoms with Crippen LogP contribution in [0.15, 0.2) is 23.1 Å². The zero-order valence-electron chi connectivity index (χ0n) is 5.40. The fourth-order valence-corrected chi connectivity index (χ4v) is 2.40. The summed E-state index contributed by atoms with van der Waals surface area (Å²) >= 11 is 9.84. The summed E-state index contributed by atoms with van der Waals surface area (Å²) < 4.78 is 1.15. The Morgan fingerprint density at radius 1 is 1.50 bits per heavy atom. The van der Waals surface area contributed by atoms with Crippen LogP contribution in [0.3, 0.4) is 0 Å². The van der Waals surface area contributed by atoms with E-state index in [1.54, 1.807) is 11.8 Å². The van der Waals surface area contributed by atoms with Crippen molar-refractivity contribution in [2.45, 2.75) is 4.90 Å². The molecule has 1 aromatic rings. The van der Waals surface area contributed by atoms with Gasteiger partial charge in [0.1, 0.15) is 0 Å². The van der Waals surface area contributed by atoms with Crippen molar-refractivity contribution in [1.29, 1.82) is 0 Å². The first-order chi connectivity index (χ1) is 4.75. The molecule has 1 rings (SSSR count). The van der Waals surface area contributed by atoms with E-state index in [1.165, 1.54) is 4.90 Å². The summed E-state index contributed by atoms with van der Waals surface area (Å²) in [7, 11) is 0. The van der Waals surface area contributed by atoms with Crippen molar-refractivity contribution in [3.05, 3.63) is 26.8 Å². The Morgan fingerprint density at radius 2 is 2.20 bits per heavy atom. The highest BCUT2D eigenvalue weighted by Crippen LogP contribution is 2.27. The molecule has 0 saturated heterocycles. The molecular weight excluding hydrogens is 279 g/mol. The zero-order valence-corrected chi connectivity index (χ0v) is 9.13. The molecule has 0 saturated carbocycles. The summed E-state index contributed by atoms with van der Waals surface area (Å²) in [5.74, 6) is 0. The molecule has 0 N–H and O–H groups in total. The van der Waals surface area contributed by atoms with Crippen molar-refractivity contribution in [2.24, 2.45) is 0 Å². The number of halogens is 2. The average molecular weight is 285 g/mol. The van der Waals surface area contributed by atoms with Crippen molar-refractivity contribution in [1.82, 2.24) is 0 Å². The van der Waals surface area contributed by atoms with Crippen LogP contribution in [0.2, 0.25) is 5.02 Å². The fourth-order valence-electron chi connectivity index (χ4n) is 0.642. The number of thioether (sulfide) groups is 1. The summed E-state index contributed by atoms with van der Waals surface area (Å²) in [4.78, 5) is 1.24. The van der Waals surface area contributed by atoms with Gasteiger partial charge in [0.2, 0.25) is 0 Å². The van der Waals surface area contributed by atoms with Gasteiger partial charge >= 0.3 is 0 Å². The molecular formula is C7H6ClIS. The van der Waals surface area contributed by atoms with Gasteiger partial charge in [-0.3, -0.25) is 0 Å². The highest BCUT2D eigenvalue weighted by molar-refractivity contribution is 14.1. The van der Waals surface area contributed by atoms with E-state index < -0.39 is 0 Å². The average Bonchev–Trinajstić information content (AvgIpc) is 1.95. The Morgan fingerprint density at radius 3 is 2.70 bits per heavy atom. The second-order valence-corrected chi connectivity index (χ2v) is 4.09. The van der Waals surface area contributed by atoms with Crippen LogP contribution in [0.4, 0.5) is 0 Å². The van der Waals surface area contributed by atoms with Crippen molar-refractivity contribution in [3.63, 3.8) is 0 Å². The van der Waals surface area contributed by atoms with Crippen LogP contribution in [0.1, 0.15) is 0 Å². The van der Waals surface area contributed by atoms with Crippen LogP contribution in [0.5, 0.6) is 0 Å². The minimum atomic E-state index is 0.840. The summed E-state index contributed by atoms with van der Waals surface area (Å²) in [6.45, 7) is 0. The van der Waals surface area contributed by atoms with E-state index in [4.69, 9.17) is 11.6 Å². The number of hydrogen-bond acceptors (Lipinski definition) is 1. The molecule has 0 spiro atoms. The molecule has 0 nitrogen and oxygen atoms in total. The van der Waals surface area contributed by atoms with Crippen molar-refractivity contribution < 1.29 is 0 Å². The molecule has 0 heterocycles. The predicted octanol–water partition coefficient (Wildman–Crippen LogP) is 3.67. The Hall–Kier alpha value is 0.590. The predicted molar refractivity (Wildman–Crippen MR) is 56.0 cm³/mol. The first-order valence-corrected chi connectivity index (χ1v) is 5.42. The first-order valence-electron chi connectivity index (χ1n) is 2.73. The molecule has 0 unspecified atom stereocenters. The van der Waals surface area contributed by atoms with Gasteiger partial charge in [0.05, 0.1) is 5.02 Å². The van der Waals surface area contributed by atoms with Gasteiger partial charge < -0.3 is 0 Å². The molecule has 0 aromatic heterocycles. The Kier molecular flexibility index (Phi) is 3.33. The van der Waals surface area contributed by atoms with Crippen LogP contribution in [-0.4, -0.2) is 6.26 Å². The standard InChI is InChI=1S/C7H6ClIS/c1-10-6-4-2-3-5(8)7(6)9/h2-4H,1H3. The van der Waals surface area contributed by atoms with Gasteiger partial charge in [-0.25, -0.2) is 0 Å². The summed E-state index contributed by atoms with van der Waals surface area (Å²) in [5.41, 5.74) is 0. The molecule has 0 fully saturated rings.